The third-order valence-electron chi connectivity index (χ3n) is 5.74. The van der Waals surface area contributed by atoms with Gasteiger partial charge in [0.15, 0.2) is 6.61 Å². The van der Waals surface area contributed by atoms with Gasteiger partial charge >= 0.3 is 5.97 Å². The summed E-state index contributed by atoms with van der Waals surface area (Å²) in [7, 11) is 3.15. The fourth-order valence-corrected chi connectivity index (χ4v) is 3.85. The molecule has 0 unspecified atom stereocenters. The summed E-state index contributed by atoms with van der Waals surface area (Å²) in [5, 5.41) is 3.98. The molecule has 0 spiro atoms. The summed E-state index contributed by atoms with van der Waals surface area (Å²) in [6.45, 7) is 6.77. The predicted molar refractivity (Wildman–Crippen MR) is 108 cm³/mol. The molecule has 0 bridgehead atoms. The molecule has 1 saturated carbocycles. The first-order valence-corrected chi connectivity index (χ1v) is 10.0. The van der Waals surface area contributed by atoms with Crippen LogP contribution >= 0.6 is 0 Å². The molecule has 1 heterocycles. The van der Waals surface area contributed by atoms with Crippen molar-refractivity contribution in [1.29, 1.82) is 0 Å². The minimum atomic E-state index is -0.181. The fraction of sp³-hybridized carbons (Fsp3) is 0.591. The number of hydrogen-bond acceptors (Lipinski definition) is 7. The van der Waals surface area contributed by atoms with Gasteiger partial charge in [-0.1, -0.05) is 25.9 Å². The van der Waals surface area contributed by atoms with Gasteiger partial charge in [0.1, 0.15) is 11.5 Å². The van der Waals surface area contributed by atoms with Crippen LogP contribution in [0.1, 0.15) is 52.3 Å². The number of methoxy groups -OCH3 is 2. The lowest BCUT2D eigenvalue weighted by Crippen LogP contribution is -2.29. The number of rotatable bonds is 6. The number of hydrogen-bond donors (Lipinski definition) is 0. The molecular formula is C22H30N2O5. The molecule has 158 valence electrons. The van der Waals surface area contributed by atoms with Gasteiger partial charge < -0.3 is 18.7 Å². The van der Waals surface area contributed by atoms with E-state index >= 15 is 0 Å². The maximum atomic E-state index is 12.4. The third-order valence-corrected chi connectivity index (χ3v) is 5.74. The summed E-state index contributed by atoms with van der Waals surface area (Å²) in [5.74, 6) is 2.31. The number of esters is 1. The molecule has 0 atom stereocenters. The highest BCUT2D eigenvalue weighted by Crippen LogP contribution is 2.40. The summed E-state index contributed by atoms with van der Waals surface area (Å²) in [6.07, 6.45) is 3.87. The summed E-state index contributed by atoms with van der Waals surface area (Å²) in [5.41, 5.74) is 0.965. The number of aromatic nitrogens is 2. The van der Waals surface area contributed by atoms with Crippen LogP contribution in [0.2, 0.25) is 0 Å². The van der Waals surface area contributed by atoms with Crippen LogP contribution in [-0.2, 0) is 16.1 Å². The molecule has 2 aromatic rings. The number of ether oxygens (including phenoxy) is 3. The molecule has 1 aliphatic carbocycles. The zero-order valence-electron chi connectivity index (χ0n) is 17.9. The Kier molecular flexibility index (Phi) is 6.45. The quantitative estimate of drug-likeness (QED) is 0.650. The van der Waals surface area contributed by atoms with Gasteiger partial charge in [-0.15, -0.1) is 0 Å². The van der Waals surface area contributed by atoms with Gasteiger partial charge in [0.25, 0.3) is 5.89 Å². The van der Waals surface area contributed by atoms with Crippen molar-refractivity contribution in [3.05, 3.63) is 24.1 Å². The Morgan fingerprint density at radius 2 is 1.86 bits per heavy atom. The highest BCUT2D eigenvalue weighted by atomic mass is 16.6. The minimum absolute atomic E-state index is 0.0243. The van der Waals surface area contributed by atoms with Crippen molar-refractivity contribution in [3.8, 4) is 22.9 Å². The molecule has 1 aromatic carbocycles. The van der Waals surface area contributed by atoms with Gasteiger partial charge in [-0.25, -0.2) is 0 Å². The van der Waals surface area contributed by atoms with E-state index in [0.717, 1.165) is 25.7 Å². The smallest absolute Gasteiger partial charge is 0.309 e. The molecule has 7 heteroatoms. The second-order valence-corrected chi connectivity index (χ2v) is 8.60. The van der Waals surface area contributed by atoms with E-state index in [1.807, 2.05) is 0 Å². The first kappa shape index (κ1) is 21.1. The van der Waals surface area contributed by atoms with Crippen LogP contribution in [0.15, 0.2) is 22.7 Å². The second kappa shape index (κ2) is 8.84. The molecular weight excluding hydrogens is 372 g/mol. The van der Waals surface area contributed by atoms with Crippen molar-refractivity contribution in [2.75, 3.05) is 14.2 Å². The second-order valence-electron chi connectivity index (χ2n) is 8.60. The van der Waals surface area contributed by atoms with Gasteiger partial charge in [0, 0.05) is 6.07 Å². The normalized spacial score (nSPS) is 19.6. The Hall–Kier alpha value is -2.57. The molecule has 0 radical (unpaired) electrons. The molecule has 0 amide bonds. The summed E-state index contributed by atoms with van der Waals surface area (Å²) >= 11 is 0. The molecule has 7 nitrogen and oxygen atoms in total. The summed E-state index contributed by atoms with van der Waals surface area (Å²) in [4.78, 5) is 16.8. The predicted octanol–water partition coefficient (Wildman–Crippen LogP) is 4.65. The van der Waals surface area contributed by atoms with E-state index in [2.05, 4.69) is 30.9 Å². The van der Waals surface area contributed by atoms with Gasteiger partial charge in [0.2, 0.25) is 5.82 Å². The van der Waals surface area contributed by atoms with E-state index in [4.69, 9.17) is 18.7 Å². The molecule has 3 rings (SSSR count). The number of benzene rings is 1. The fourth-order valence-electron chi connectivity index (χ4n) is 3.85. The summed E-state index contributed by atoms with van der Waals surface area (Å²) < 4.78 is 21.3. The Morgan fingerprint density at radius 1 is 1.14 bits per heavy atom. The number of carbonyl (C=O) groups excluding carboxylic acids is 1. The van der Waals surface area contributed by atoms with E-state index in [1.165, 1.54) is 0 Å². The lowest BCUT2D eigenvalue weighted by atomic mass is 9.70. The third kappa shape index (κ3) is 5.08. The SMILES string of the molecule is COc1ccc(-c2noc(COC(=O)C3CCC(C(C)(C)C)CC3)n2)c(OC)c1. The monoisotopic (exact) mass is 402 g/mol. The summed E-state index contributed by atoms with van der Waals surface area (Å²) in [6, 6.07) is 5.34. The molecule has 29 heavy (non-hydrogen) atoms. The molecule has 1 aliphatic rings. The van der Waals surface area contributed by atoms with E-state index in [1.54, 1.807) is 32.4 Å². The Bertz CT molecular complexity index is 832. The van der Waals surface area contributed by atoms with E-state index in [-0.39, 0.29) is 29.8 Å². The van der Waals surface area contributed by atoms with Crippen LogP contribution in [0.4, 0.5) is 0 Å². The van der Waals surface area contributed by atoms with Crippen molar-refractivity contribution in [1.82, 2.24) is 10.1 Å². The number of nitrogens with zero attached hydrogens (tertiary/aromatic N) is 2. The highest BCUT2D eigenvalue weighted by molar-refractivity contribution is 5.72. The zero-order chi connectivity index (χ0) is 21.0. The van der Waals surface area contributed by atoms with E-state index in [0.29, 0.717) is 28.8 Å². The van der Waals surface area contributed by atoms with Crippen LogP contribution in [0.3, 0.4) is 0 Å². The van der Waals surface area contributed by atoms with Gasteiger partial charge in [-0.05, 0) is 49.1 Å². The lowest BCUT2D eigenvalue weighted by Gasteiger charge is -2.36. The van der Waals surface area contributed by atoms with Crippen molar-refractivity contribution in [2.24, 2.45) is 17.3 Å². The largest absolute Gasteiger partial charge is 0.497 e. The zero-order valence-corrected chi connectivity index (χ0v) is 17.9. The Morgan fingerprint density at radius 3 is 2.48 bits per heavy atom. The van der Waals surface area contributed by atoms with Crippen molar-refractivity contribution >= 4 is 5.97 Å². The van der Waals surface area contributed by atoms with E-state index in [9.17, 15) is 4.79 Å². The van der Waals surface area contributed by atoms with E-state index < -0.39 is 0 Å². The van der Waals surface area contributed by atoms with Crippen molar-refractivity contribution in [2.45, 2.75) is 53.1 Å². The average Bonchev–Trinajstić information content (AvgIpc) is 3.19. The van der Waals surface area contributed by atoms with Gasteiger partial charge in [-0.2, -0.15) is 4.98 Å². The van der Waals surface area contributed by atoms with Crippen LogP contribution in [-0.4, -0.2) is 30.3 Å². The first-order valence-electron chi connectivity index (χ1n) is 10.0. The molecule has 0 N–H and O–H groups in total. The molecule has 0 aliphatic heterocycles. The van der Waals surface area contributed by atoms with Gasteiger partial charge in [0.05, 0.1) is 25.7 Å². The van der Waals surface area contributed by atoms with Crippen LogP contribution < -0.4 is 9.47 Å². The highest BCUT2D eigenvalue weighted by Gasteiger charge is 2.33. The lowest BCUT2D eigenvalue weighted by molar-refractivity contribution is -0.152. The van der Waals surface area contributed by atoms with Crippen LogP contribution in [0.25, 0.3) is 11.4 Å². The molecule has 1 fully saturated rings. The van der Waals surface area contributed by atoms with Crippen LogP contribution in [0.5, 0.6) is 11.5 Å². The maximum absolute atomic E-state index is 12.4. The van der Waals surface area contributed by atoms with Crippen molar-refractivity contribution < 1.29 is 23.5 Å². The molecule has 1 aromatic heterocycles. The molecule has 0 saturated heterocycles. The Balaban J connectivity index is 1.57. The minimum Gasteiger partial charge on any atom is -0.497 e. The average molecular weight is 402 g/mol. The Labute approximate surface area is 171 Å². The topological polar surface area (TPSA) is 83.7 Å². The van der Waals surface area contributed by atoms with Gasteiger partial charge in [-0.3, -0.25) is 4.79 Å². The first-order chi connectivity index (χ1) is 13.8. The number of carbonyl (C=O) groups is 1. The standard InChI is InChI=1S/C22H30N2O5/c1-22(2,3)15-8-6-14(7-9-15)21(25)28-13-19-23-20(24-29-19)17-11-10-16(26-4)12-18(17)27-5/h10-12,14-15H,6-9,13H2,1-5H3. The maximum Gasteiger partial charge on any atom is 0.309 e. The van der Waals surface area contributed by atoms with Crippen molar-refractivity contribution in [3.63, 3.8) is 0 Å². The van der Waals surface area contributed by atoms with Crippen LogP contribution in [0, 0.1) is 17.3 Å².